The highest BCUT2D eigenvalue weighted by molar-refractivity contribution is 7.07. The van der Waals surface area contributed by atoms with Crippen LogP contribution in [0.15, 0.2) is 88.2 Å². The van der Waals surface area contributed by atoms with Gasteiger partial charge in [-0.25, -0.2) is 9.38 Å². The number of aromatic nitrogens is 1. The van der Waals surface area contributed by atoms with E-state index >= 15 is 0 Å². The minimum absolute atomic E-state index is 0.0840. The first-order valence-electron chi connectivity index (χ1n) is 11.1. The predicted molar refractivity (Wildman–Crippen MR) is 132 cm³/mol. The van der Waals surface area contributed by atoms with Gasteiger partial charge in [0, 0.05) is 5.56 Å². The molecule has 2 aliphatic rings. The van der Waals surface area contributed by atoms with Gasteiger partial charge in [0.05, 0.1) is 23.4 Å². The van der Waals surface area contributed by atoms with Gasteiger partial charge >= 0.3 is 0 Å². The van der Waals surface area contributed by atoms with E-state index < -0.39 is 0 Å². The fourth-order valence-corrected chi connectivity index (χ4v) is 5.82. The Morgan fingerprint density at radius 2 is 1.79 bits per heavy atom. The second kappa shape index (κ2) is 8.22. The molecule has 0 radical (unpaired) electrons. The molecule has 1 aliphatic heterocycles. The average molecular weight is 469 g/mol. The first-order valence-corrected chi connectivity index (χ1v) is 12.0. The van der Waals surface area contributed by atoms with Crippen molar-refractivity contribution < 1.29 is 9.13 Å². The number of benzene rings is 3. The highest BCUT2D eigenvalue weighted by Gasteiger charge is 2.32. The zero-order valence-electron chi connectivity index (χ0n) is 18.5. The third-order valence-electron chi connectivity index (χ3n) is 6.47. The van der Waals surface area contributed by atoms with Crippen LogP contribution in [0.5, 0.6) is 5.75 Å². The first-order chi connectivity index (χ1) is 16.6. The van der Waals surface area contributed by atoms with Crippen LogP contribution in [-0.2, 0) is 6.42 Å². The fourth-order valence-electron chi connectivity index (χ4n) is 4.82. The molecule has 0 amide bonds. The van der Waals surface area contributed by atoms with E-state index in [1.807, 2.05) is 41.0 Å². The van der Waals surface area contributed by atoms with Gasteiger partial charge in [0.15, 0.2) is 4.80 Å². The average Bonchev–Trinajstić information content (AvgIpc) is 3.18. The van der Waals surface area contributed by atoms with E-state index in [-0.39, 0.29) is 17.4 Å². The number of thiazole rings is 1. The smallest absolute Gasteiger partial charge is 0.271 e. The molecule has 0 saturated carbocycles. The van der Waals surface area contributed by atoms with Crippen LogP contribution >= 0.6 is 11.3 Å². The highest BCUT2D eigenvalue weighted by Crippen LogP contribution is 2.41. The van der Waals surface area contributed by atoms with E-state index in [9.17, 15) is 9.18 Å². The summed E-state index contributed by atoms with van der Waals surface area (Å²) in [5.74, 6) is 0.472. The first kappa shape index (κ1) is 20.8. The maximum absolute atomic E-state index is 13.7. The van der Waals surface area contributed by atoms with Gasteiger partial charge in [-0.1, -0.05) is 59.9 Å². The molecule has 0 bridgehead atoms. The van der Waals surface area contributed by atoms with E-state index in [0.717, 1.165) is 46.6 Å². The Morgan fingerprint density at radius 3 is 2.56 bits per heavy atom. The summed E-state index contributed by atoms with van der Waals surface area (Å²) < 4.78 is 21.1. The molecule has 0 saturated heterocycles. The summed E-state index contributed by atoms with van der Waals surface area (Å²) in [5.41, 5.74) is 6.27. The summed E-state index contributed by atoms with van der Waals surface area (Å²) in [5, 5.41) is 0. The molecule has 0 fully saturated rings. The highest BCUT2D eigenvalue weighted by atomic mass is 32.1. The molecule has 0 N–H and O–H groups in total. The number of hydrogen-bond donors (Lipinski definition) is 0. The van der Waals surface area contributed by atoms with Gasteiger partial charge in [-0.05, 0) is 65.4 Å². The molecule has 6 heteroatoms. The predicted octanol–water partition coefficient (Wildman–Crippen LogP) is 4.47. The number of fused-ring (bicyclic) bond motifs is 3. The maximum Gasteiger partial charge on any atom is 0.271 e. The Labute approximate surface area is 199 Å². The van der Waals surface area contributed by atoms with Crippen LogP contribution in [0.3, 0.4) is 0 Å². The second-order valence-electron chi connectivity index (χ2n) is 8.44. The largest absolute Gasteiger partial charge is 0.497 e. The van der Waals surface area contributed by atoms with E-state index in [4.69, 9.17) is 9.73 Å². The Hall–Kier alpha value is -3.77. The summed E-state index contributed by atoms with van der Waals surface area (Å²) in [7, 11) is 1.65. The zero-order valence-corrected chi connectivity index (χ0v) is 19.3. The number of aryl methyl sites for hydroxylation is 1. The number of ether oxygens (including phenoxy) is 1. The SMILES string of the molecule is COc1ccc([C@@H]2C3=C(N=c4s/c(=C\c5ccc(F)cc5)c(=O)n42)c2ccccc2CC3)cc1. The van der Waals surface area contributed by atoms with Gasteiger partial charge in [-0.3, -0.25) is 9.36 Å². The van der Waals surface area contributed by atoms with Crippen molar-refractivity contribution in [3.05, 3.63) is 126 Å². The Bertz CT molecular complexity index is 1610. The molecular formula is C28H21FN2O2S. The number of rotatable bonds is 3. The van der Waals surface area contributed by atoms with Gasteiger partial charge < -0.3 is 4.74 Å². The molecule has 34 heavy (non-hydrogen) atoms. The number of allylic oxidation sites excluding steroid dienone is 1. The topological polar surface area (TPSA) is 43.6 Å². The minimum atomic E-state index is -0.301. The van der Waals surface area contributed by atoms with Crippen molar-refractivity contribution in [1.29, 1.82) is 0 Å². The lowest BCUT2D eigenvalue weighted by atomic mass is 9.83. The maximum atomic E-state index is 13.7. The van der Waals surface area contributed by atoms with Crippen molar-refractivity contribution in [3.63, 3.8) is 0 Å². The molecule has 3 aromatic carbocycles. The standard InChI is InChI=1S/C28H21FN2O2S/c1-33-21-13-8-19(9-14-21)26-23-15-10-18-4-2-3-5-22(18)25(23)30-28-31(26)27(32)24(34-28)16-17-6-11-20(29)12-7-17/h2-9,11-14,16,26H,10,15H2,1H3/b24-16-/t26-/m1/s1. The van der Waals surface area contributed by atoms with Crippen molar-refractivity contribution in [2.45, 2.75) is 18.9 Å². The van der Waals surface area contributed by atoms with Crippen molar-refractivity contribution >= 4 is 23.1 Å². The van der Waals surface area contributed by atoms with Crippen molar-refractivity contribution in [3.8, 4) is 5.75 Å². The van der Waals surface area contributed by atoms with E-state index in [1.165, 1.54) is 29.0 Å². The van der Waals surface area contributed by atoms with Crippen molar-refractivity contribution in [2.24, 2.45) is 4.99 Å². The monoisotopic (exact) mass is 468 g/mol. The van der Waals surface area contributed by atoms with Crippen LogP contribution in [0.2, 0.25) is 0 Å². The number of nitrogens with zero attached hydrogens (tertiary/aromatic N) is 2. The van der Waals surface area contributed by atoms with Crippen LogP contribution in [0.25, 0.3) is 11.8 Å². The Kier molecular flexibility index (Phi) is 5.03. The fraction of sp³-hybridized carbons (Fsp3) is 0.143. The third kappa shape index (κ3) is 3.42. The number of methoxy groups -OCH3 is 1. The van der Waals surface area contributed by atoms with Gasteiger partial charge in [0.2, 0.25) is 0 Å². The molecule has 6 rings (SSSR count). The lowest BCUT2D eigenvalue weighted by molar-refractivity contribution is 0.414. The third-order valence-corrected chi connectivity index (χ3v) is 7.46. The molecule has 1 aromatic heterocycles. The summed E-state index contributed by atoms with van der Waals surface area (Å²) in [6.07, 6.45) is 3.57. The van der Waals surface area contributed by atoms with Crippen LogP contribution in [0.4, 0.5) is 4.39 Å². The Morgan fingerprint density at radius 1 is 1.03 bits per heavy atom. The quantitative estimate of drug-likeness (QED) is 0.446. The minimum Gasteiger partial charge on any atom is -0.497 e. The van der Waals surface area contributed by atoms with E-state index in [2.05, 4.69) is 18.2 Å². The molecule has 2 heterocycles. The van der Waals surface area contributed by atoms with E-state index in [1.54, 1.807) is 19.2 Å². The van der Waals surface area contributed by atoms with Crippen LogP contribution in [-0.4, -0.2) is 11.7 Å². The van der Waals surface area contributed by atoms with E-state index in [0.29, 0.717) is 9.33 Å². The molecule has 0 spiro atoms. The van der Waals surface area contributed by atoms with Crippen LogP contribution in [0, 0.1) is 5.82 Å². The Balaban J connectivity index is 1.60. The second-order valence-corrected chi connectivity index (χ2v) is 9.45. The van der Waals surface area contributed by atoms with Crippen molar-refractivity contribution in [2.75, 3.05) is 7.11 Å². The van der Waals surface area contributed by atoms with Crippen molar-refractivity contribution in [1.82, 2.24) is 4.57 Å². The summed E-state index contributed by atoms with van der Waals surface area (Å²) in [6.45, 7) is 0. The molecule has 4 aromatic rings. The molecule has 1 atom stereocenters. The number of hydrogen-bond acceptors (Lipinski definition) is 4. The summed E-state index contributed by atoms with van der Waals surface area (Å²) >= 11 is 1.37. The molecule has 168 valence electrons. The molecule has 0 unspecified atom stereocenters. The lowest BCUT2D eigenvalue weighted by Gasteiger charge is -2.30. The van der Waals surface area contributed by atoms with Gasteiger partial charge in [0.1, 0.15) is 11.6 Å². The lowest BCUT2D eigenvalue weighted by Crippen LogP contribution is -2.38. The number of halogens is 1. The van der Waals surface area contributed by atoms with Gasteiger partial charge in [0.25, 0.3) is 5.56 Å². The van der Waals surface area contributed by atoms with Crippen LogP contribution in [0.1, 0.15) is 34.7 Å². The molecule has 4 nitrogen and oxygen atoms in total. The molecule has 1 aliphatic carbocycles. The zero-order chi connectivity index (χ0) is 23.2. The van der Waals surface area contributed by atoms with Gasteiger partial charge in [-0.15, -0.1) is 0 Å². The van der Waals surface area contributed by atoms with Gasteiger partial charge in [-0.2, -0.15) is 0 Å². The summed E-state index contributed by atoms with van der Waals surface area (Å²) in [6, 6.07) is 22.2. The van der Waals surface area contributed by atoms with Crippen LogP contribution < -0.4 is 19.6 Å². The summed E-state index contributed by atoms with van der Waals surface area (Å²) in [4.78, 5) is 19.4. The molecular weight excluding hydrogens is 447 g/mol. The normalized spacial score (nSPS) is 17.0.